The number of pyridine rings is 1. The van der Waals surface area contributed by atoms with Crippen molar-refractivity contribution < 1.29 is 27.5 Å². The SMILES string of the molecule is CC(=O)Cc1cc(C(=O)NC(C)c2ccc(OCC(F)(F)F)cc2)cc(C)n1. The predicted octanol–water partition coefficient (Wildman–Crippen LogP) is 3.95. The monoisotopic (exact) mass is 394 g/mol. The molecule has 1 atom stereocenters. The quantitative estimate of drug-likeness (QED) is 0.772. The summed E-state index contributed by atoms with van der Waals surface area (Å²) in [6, 6.07) is 8.85. The van der Waals surface area contributed by atoms with Gasteiger partial charge < -0.3 is 10.1 Å². The zero-order valence-corrected chi connectivity index (χ0v) is 15.8. The van der Waals surface area contributed by atoms with Gasteiger partial charge in [0.1, 0.15) is 11.5 Å². The van der Waals surface area contributed by atoms with Crippen LogP contribution in [0.4, 0.5) is 13.2 Å². The van der Waals surface area contributed by atoms with E-state index in [0.29, 0.717) is 22.5 Å². The number of halogens is 3. The average Bonchev–Trinajstić information content (AvgIpc) is 2.58. The second-order valence-electron chi connectivity index (χ2n) is 6.54. The number of ether oxygens (including phenoxy) is 1. The molecule has 1 aromatic heterocycles. The topological polar surface area (TPSA) is 68.3 Å². The van der Waals surface area contributed by atoms with Crippen molar-refractivity contribution in [2.45, 2.75) is 39.4 Å². The molecule has 0 fully saturated rings. The summed E-state index contributed by atoms with van der Waals surface area (Å²) in [6.07, 6.45) is -4.25. The summed E-state index contributed by atoms with van der Waals surface area (Å²) in [7, 11) is 0. The molecular formula is C20H21F3N2O3. The number of Topliss-reactive ketones (excluding diaryl/α,β-unsaturated/α-hetero) is 1. The van der Waals surface area contributed by atoms with Crippen LogP contribution < -0.4 is 10.1 Å². The minimum absolute atomic E-state index is 0.0503. The van der Waals surface area contributed by atoms with E-state index in [1.807, 2.05) is 0 Å². The number of aromatic nitrogens is 1. The molecule has 0 radical (unpaired) electrons. The van der Waals surface area contributed by atoms with E-state index in [1.54, 1.807) is 38.1 Å². The summed E-state index contributed by atoms with van der Waals surface area (Å²) >= 11 is 0. The number of amides is 1. The van der Waals surface area contributed by atoms with Crippen molar-refractivity contribution in [3.63, 3.8) is 0 Å². The van der Waals surface area contributed by atoms with Crippen molar-refractivity contribution in [3.05, 3.63) is 58.9 Å². The van der Waals surface area contributed by atoms with Crippen molar-refractivity contribution in [2.24, 2.45) is 0 Å². The van der Waals surface area contributed by atoms with E-state index in [-0.39, 0.29) is 29.9 Å². The van der Waals surface area contributed by atoms with Gasteiger partial charge in [-0.3, -0.25) is 14.6 Å². The number of carbonyl (C=O) groups is 2. The molecule has 0 bridgehead atoms. The van der Waals surface area contributed by atoms with Crippen LogP contribution in [0, 0.1) is 6.92 Å². The molecule has 2 aromatic rings. The summed E-state index contributed by atoms with van der Waals surface area (Å²) < 4.78 is 41.2. The lowest BCUT2D eigenvalue weighted by molar-refractivity contribution is -0.153. The fourth-order valence-corrected chi connectivity index (χ4v) is 2.60. The Hall–Kier alpha value is -2.90. The Kier molecular flexibility index (Phi) is 6.77. The highest BCUT2D eigenvalue weighted by molar-refractivity contribution is 5.94. The molecule has 1 amide bonds. The molecule has 0 saturated heterocycles. The van der Waals surface area contributed by atoms with Crippen molar-refractivity contribution in [1.29, 1.82) is 0 Å². The number of benzene rings is 1. The van der Waals surface area contributed by atoms with Crippen LogP contribution in [0.15, 0.2) is 36.4 Å². The molecule has 28 heavy (non-hydrogen) atoms. The highest BCUT2D eigenvalue weighted by atomic mass is 19.4. The first-order valence-electron chi connectivity index (χ1n) is 8.61. The number of ketones is 1. The van der Waals surface area contributed by atoms with Gasteiger partial charge in [-0.05, 0) is 50.6 Å². The molecule has 0 saturated carbocycles. The van der Waals surface area contributed by atoms with Crippen LogP contribution in [0.1, 0.15) is 47.2 Å². The molecule has 0 aliphatic rings. The minimum atomic E-state index is -4.40. The fourth-order valence-electron chi connectivity index (χ4n) is 2.60. The lowest BCUT2D eigenvalue weighted by atomic mass is 10.1. The standard InChI is InChI=1S/C20H21F3N2O3/c1-12-8-16(10-17(24-12)9-13(2)26)19(27)25-14(3)15-4-6-18(7-5-15)28-11-20(21,22)23/h4-8,10,14H,9,11H2,1-3H3,(H,25,27). The third-order valence-electron chi connectivity index (χ3n) is 3.83. The molecule has 1 heterocycles. The summed E-state index contributed by atoms with van der Waals surface area (Å²) in [4.78, 5) is 28.1. The molecule has 2 rings (SSSR count). The number of carbonyl (C=O) groups excluding carboxylic acids is 2. The van der Waals surface area contributed by atoms with E-state index >= 15 is 0 Å². The van der Waals surface area contributed by atoms with Gasteiger partial charge in [0.25, 0.3) is 5.91 Å². The maximum absolute atomic E-state index is 12.5. The van der Waals surface area contributed by atoms with Gasteiger partial charge in [-0.15, -0.1) is 0 Å². The number of hydrogen-bond donors (Lipinski definition) is 1. The Morgan fingerprint density at radius 2 is 1.82 bits per heavy atom. The maximum Gasteiger partial charge on any atom is 0.422 e. The van der Waals surface area contributed by atoms with Gasteiger partial charge in [-0.25, -0.2) is 0 Å². The first kappa shape index (κ1) is 21.4. The highest BCUT2D eigenvalue weighted by Crippen LogP contribution is 2.21. The number of nitrogens with zero attached hydrogens (tertiary/aromatic N) is 1. The van der Waals surface area contributed by atoms with E-state index in [9.17, 15) is 22.8 Å². The van der Waals surface area contributed by atoms with Crippen molar-refractivity contribution >= 4 is 11.7 Å². The number of rotatable bonds is 7. The van der Waals surface area contributed by atoms with Crippen molar-refractivity contribution in [2.75, 3.05) is 6.61 Å². The Balaban J connectivity index is 2.04. The Labute approximate surface area is 160 Å². The van der Waals surface area contributed by atoms with Crippen LogP contribution in [-0.4, -0.2) is 29.5 Å². The zero-order valence-electron chi connectivity index (χ0n) is 15.8. The summed E-state index contributed by atoms with van der Waals surface area (Å²) in [5.41, 5.74) is 2.25. The summed E-state index contributed by atoms with van der Waals surface area (Å²) in [5, 5.41) is 2.82. The van der Waals surface area contributed by atoms with Gasteiger partial charge in [0.05, 0.1) is 6.04 Å². The molecule has 150 valence electrons. The number of aryl methyl sites for hydroxylation is 1. The van der Waals surface area contributed by atoms with E-state index < -0.39 is 12.8 Å². The van der Waals surface area contributed by atoms with E-state index in [2.05, 4.69) is 15.0 Å². The summed E-state index contributed by atoms with van der Waals surface area (Å²) in [6.45, 7) is 3.59. The molecule has 1 aromatic carbocycles. The normalized spacial score (nSPS) is 12.4. The third-order valence-corrected chi connectivity index (χ3v) is 3.83. The lowest BCUT2D eigenvalue weighted by Crippen LogP contribution is -2.27. The molecule has 5 nitrogen and oxygen atoms in total. The Bertz CT molecular complexity index is 849. The van der Waals surface area contributed by atoms with Gasteiger partial charge in [0.2, 0.25) is 0 Å². The second-order valence-corrected chi connectivity index (χ2v) is 6.54. The second kappa shape index (κ2) is 8.86. The predicted molar refractivity (Wildman–Crippen MR) is 97.2 cm³/mol. The minimum Gasteiger partial charge on any atom is -0.484 e. The van der Waals surface area contributed by atoms with E-state index in [4.69, 9.17) is 0 Å². The molecule has 0 aliphatic carbocycles. The van der Waals surface area contributed by atoms with Crippen molar-refractivity contribution in [1.82, 2.24) is 10.3 Å². The molecule has 0 aliphatic heterocycles. The first-order valence-corrected chi connectivity index (χ1v) is 8.61. The molecule has 1 unspecified atom stereocenters. The molecule has 1 N–H and O–H groups in total. The van der Waals surface area contributed by atoms with E-state index in [1.165, 1.54) is 19.1 Å². The number of alkyl halides is 3. The van der Waals surface area contributed by atoms with Gasteiger partial charge in [-0.2, -0.15) is 13.2 Å². The van der Waals surface area contributed by atoms with Gasteiger partial charge in [0, 0.05) is 23.4 Å². The smallest absolute Gasteiger partial charge is 0.422 e. The molecular weight excluding hydrogens is 373 g/mol. The zero-order chi connectivity index (χ0) is 20.9. The van der Waals surface area contributed by atoms with Crippen molar-refractivity contribution in [3.8, 4) is 5.75 Å². The van der Waals surface area contributed by atoms with Crippen LogP contribution in [0.25, 0.3) is 0 Å². The van der Waals surface area contributed by atoms with Gasteiger partial charge in [0.15, 0.2) is 6.61 Å². The van der Waals surface area contributed by atoms with Crippen LogP contribution in [0.2, 0.25) is 0 Å². The van der Waals surface area contributed by atoms with E-state index in [0.717, 1.165) is 0 Å². The van der Waals surface area contributed by atoms with Crippen LogP contribution in [0.5, 0.6) is 5.75 Å². The Morgan fingerprint density at radius 3 is 2.39 bits per heavy atom. The lowest BCUT2D eigenvalue weighted by Gasteiger charge is -2.16. The number of nitrogens with one attached hydrogen (secondary N) is 1. The van der Waals surface area contributed by atoms with Crippen LogP contribution in [0.3, 0.4) is 0 Å². The van der Waals surface area contributed by atoms with Crippen LogP contribution >= 0.6 is 0 Å². The fraction of sp³-hybridized carbons (Fsp3) is 0.350. The first-order chi connectivity index (χ1) is 13.0. The number of hydrogen-bond acceptors (Lipinski definition) is 4. The third kappa shape index (κ3) is 6.68. The van der Waals surface area contributed by atoms with Crippen LogP contribution in [-0.2, 0) is 11.2 Å². The summed E-state index contributed by atoms with van der Waals surface area (Å²) in [5.74, 6) is -0.288. The van der Waals surface area contributed by atoms with Gasteiger partial charge >= 0.3 is 6.18 Å². The maximum atomic E-state index is 12.5. The molecule has 0 spiro atoms. The highest BCUT2D eigenvalue weighted by Gasteiger charge is 2.28. The average molecular weight is 394 g/mol. The van der Waals surface area contributed by atoms with Gasteiger partial charge in [-0.1, -0.05) is 12.1 Å². The Morgan fingerprint density at radius 1 is 1.18 bits per heavy atom. The largest absolute Gasteiger partial charge is 0.484 e. The molecule has 8 heteroatoms.